The summed E-state index contributed by atoms with van der Waals surface area (Å²) < 4.78 is 6.20. The van der Waals surface area contributed by atoms with Crippen molar-refractivity contribution in [2.45, 2.75) is 181 Å². The summed E-state index contributed by atoms with van der Waals surface area (Å²) >= 11 is 0. The Morgan fingerprint density at radius 3 is 1.65 bits per heavy atom. The molecule has 5 heteroatoms. The van der Waals surface area contributed by atoms with Gasteiger partial charge in [0.05, 0.1) is 12.1 Å². The maximum atomic E-state index is 6.20. The zero-order chi connectivity index (χ0) is 29.1. The fourth-order valence-corrected chi connectivity index (χ4v) is 8.86. The molecule has 1 heterocycles. The van der Waals surface area contributed by atoms with E-state index in [-0.39, 0.29) is 0 Å². The van der Waals surface area contributed by atoms with Crippen LogP contribution in [-0.2, 0) is 4.43 Å². The summed E-state index contributed by atoms with van der Waals surface area (Å²) in [5.74, 6) is 3.06. The lowest BCUT2D eigenvalue weighted by Gasteiger charge is -2.39. The Morgan fingerprint density at radius 1 is 0.675 bits per heavy atom. The molecule has 3 fully saturated rings. The minimum atomic E-state index is -1.44. The van der Waals surface area contributed by atoms with Crippen LogP contribution in [0.4, 0.5) is 0 Å². The molecule has 0 aromatic heterocycles. The van der Waals surface area contributed by atoms with E-state index in [1.165, 1.54) is 101 Å². The van der Waals surface area contributed by atoms with Gasteiger partial charge in [-0.05, 0) is 114 Å². The first-order valence-electron chi connectivity index (χ1n) is 17.7. The smallest absolute Gasteiger partial charge is 0.183 e. The van der Waals surface area contributed by atoms with Crippen molar-refractivity contribution in [2.75, 3.05) is 6.61 Å². The van der Waals surface area contributed by atoms with E-state index < -0.39 is 8.32 Å². The van der Waals surface area contributed by atoms with E-state index in [0.717, 1.165) is 43.1 Å². The molecule has 6 atom stereocenters. The number of nitrogens with zero attached hydrogens (tertiary/aromatic N) is 2. The zero-order valence-electron chi connectivity index (χ0n) is 27.9. The minimum absolute atomic E-state index is 0.409. The van der Waals surface area contributed by atoms with Gasteiger partial charge in [-0.3, -0.25) is 9.98 Å². The van der Waals surface area contributed by atoms with Gasteiger partial charge in [0.1, 0.15) is 0 Å². The van der Waals surface area contributed by atoms with Crippen molar-refractivity contribution < 1.29 is 4.43 Å². The highest BCUT2D eigenvalue weighted by molar-refractivity contribution is 6.69. The standard InChI is InChI=1S/C35H67N3OSi/c1-9-27-18-15-19-28(10-2)34(27)36-26(5)31-23-17-24-32(37-31)33(22-13-14-25-39-40(6,7)8)38-35-29(11-3)20-16-21-30(35)12-4/h27-32,34-35,37H,9-25H2,1-8H3. The summed E-state index contributed by atoms with van der Waals surface area (Å²) in [6.07, 6.45) is 20.5. The van der Waals surface area contributed by atoms with Crippen LogP contribution in [-0.4, -0.2) is 50.5 Å². The molecule has 4 nitrogen and oxygen atoms in total. The Kier molecular flexibility index (Phi) is 14.4. The number of aliphatic imine (C=N–C) groups is 2. The molecule has 1 N–H and O–H groups in total. The van der Waals surface area contributed by atoms with E-state index >= 15 is 0 Å². The van der Waals surface area contributed by atoms with E-state index in [4.69, 9.17) is 14.4 Å². The van der Waals surface area contributed by atoms with Gasteiger partial charge in [-0.25, -0.2) is 0 Å². The third-order valence-corrected chi connectivity index (χ3v) is 11.7. The van der Waals surface area contributed by atoms with Gasteiger partial charge in [-0.1, -0.05) is 66.2 Å². The van der Waals surface area contributed by atoms with Crippen molar-refractivity contribution in [3.8, 4) is 0 Å². The topological polar surface area (TPSA) is 46.0 Å². The van der Waals surface area contributed by atoms with E-state index in [2.05, 4.69) is 59.6 Å². The van der Waals surface area contributed by atoms with Crippen LogP contribution in [0.5, 0.6) is 0 Å². The molecule has 6 unspecified atom stereocenters. The summed E-state index contributed by atoms with van der Waals surface area (Å²) in [5.41, 5.74) is 2.84. The van der Waals surface area contributed by atoms with Gasteiger partial charge in [0.25, 0.3) is 0 Å². The van der Waals surface area contributed by atoms with Crippen LogP contribution in [0, 0.1) is 23.7 Å². The van der Waals surface area contributed by atoms with Crippen LogP contribution in [0.3, 0.4) is 0 Å². The average Bonchev–Trinajstić information content (AvgIpc) is 2.95. The molecule has 3 rings (SSSR count). The molecule has 2 saturated carbocycles. The van der Waals surface area contributed by atoms with Crippen LogP contribution in [0.15, 0.2) is 9.98 Å². The quantitative estimate of drug-likeness (QED) is 0.128. The van der Waals surface area contributed by atoms with E-state index in [1.54, 1.807) is 0 Å². The molecule has 232 valence electrons. The maximum absolute atomic E-state index is 6.20. The first-order chi connectivity index (χ1) is 19.2. The molecule has 0 bridgehead atoms. The Balaban J connectivity index is 1.78. The van der Waals surface area contributed by atoms with Crippen molar-refractivity contribution >= 4 is 19.7 Å². The van der Waals surface area contributed by atoms with Crippen LogP contribution >= 0.6 is 0 Å². The molecule has 0 amide bonds. The molecule has 1 aliphatic heterocycles. The van der Waals surface area contributed by atoms with Crippen LogP contribution < -0.4 is 5.32 Å². The average molecular weight is 574 g/mol. The third kappa shape index (κ3) is 10.0. The number of nitrogens with one attached hydrogen (secondary N) is 1. The second-order valence-corrected chi connectivity index (χ2v) is 19.0. The van der Waals surface area contributed by atoms with Gasteiger partial charge < -0.3 is 9.74 Å². The van der Waals surface area contributed by atoms with Crippen LogP contribution in [0.25, 0.3) is 0 Å². The predicted octanol–water partition coefficient (Wildman–Crippen LogP) is 9.63. The van der Waals surface area contributed by atoms with Crippen LogP contribution in [0.2, 0.25) is 19.6 Å². The Bertz CT molecular complexity index is 766. The molecule has 0 spiro atoms. The number of piperidine rings is 1. The second-order valence-electron chi connectivity index (χ2n) is 14.5. The largest absolute Gasteiger partial charge is 0.418 e. The summed E-state index contributed by atoms with van der Waals surface area (Å²) in [7, 11) is -1.44. The fraction of sp³-hybridized carbons (Fsp3) is 0.943. The molecule has 1 saturated heterocycles. The van der Waals surface area contributed by atoms with E-state index in [1.807, 2.05) is 0 Å². The summed E-state index contributed by atoms with van der Waals surface area (Å²) in [6, 6.07) is 1.87. The van der Waals surface area contributed by atoms with Gasteiger partial charge in [0.2, 0.25) is 0 Å². The van der Waals surface area contributed by atoms with Crippen LogP contribution in [0.1, 0.15) is 137 Å². The van der Waals surface area contributed by atoms with Gasteiger partial charge in [0, 0.05) is 30.1 Å². The summed E-state index contributed by atoms with van der Waals surface area (Å²) in [4.78, 5) is 11.3. The molecule has 2 aliphatic carbocycles. The SMILES string of the molecule is CCC1CCCC(CC)C1N=C(C)C1CCCC(C(CCCCO[Si](C)(C)C)=NC2C(CC)CCCC2CC)N1. The van der Waals surface area contributed by atoms with Crippen molar-refractivity contribution in [3.05, 3.63) is 0 Å². The second kappa shape index (κ2) is 16.9. The maximum Gasteiger partial charge on any atom is 0.183 e. The zero-order valence-corrected chi connectivity index (χ0v) is 28.9. The third-order valence-electron chi connectivity index (χ3n) is 10.7. The highest BCUT2D eigenvalue weighted by Gasteiger charge is 2.35. The van der Waals surface area contributed by atoms with Crippen molar-refractivity contribution in [1.29, 1.82) is 0 Å². The van der Waals surface area contributed by atoms with Crippen molar-refractivity contribution in [3.63, 3.8) is 0 Å². The van der Waals surface area contributed by atoms with E-state index in [9.17, 15) is 0 Å². The highest BCUT2D eigenvalue weighted by atomic mass is 28.4. The van der Waals surface area contributed by atoms with Crippen molar-refractivity contribution in [1.82, 2.24) is 5.32 Å². The predicted molar refractivity (Wildman–Crippen MR) is 179 cm³/mol. The molecular weight excluding hydrogens is 506 g/mol. The number of hydrogen-bond acceptors (Lipinski definition) is 4. The first-order valence-corrected chi connectivity index (χ1v) is 21.1. The van der Waals surface area contributed by atoms with E-state index in [0.29, 0.717) is 24.2 Å². The van der Waals surface area contributed by atoms with Gasteiger partial charge in [-0.15, -0.1) is 0 Å². The lowest BCUT2D eigenvalue weighted by molar-refractivity contribution is 0.210. The molecule has 0 aromatic rings. The lowest BCUT2D eigenvalue weighted by Crippen LogP contribution is -2.51. The normalized spacial score (nSPS) is 34.7. The highest BCUT2D eigenvalue weighted by Crippen LogP contribution is 2.37. The summed E-state index contributed by atoms with van der Waals surface area (Å²) in [6.45, 7) is 19.7. The number of hydrogen-bond donors (Lipinski definition) is 1. The van der Waals surface area contributed by atoms with Crippen molar-refractivity contribution in [2.24, 2.45) is 33.7 Å². The van der Waals surface area contributed by atoms with Gasteiger partial charge >= 0.3 is 0 Å². The lowest BCUT2D eigenvalue weighted by atomic mass is 9.74. The Labute approximate surface area is 250 Å². The molecule has 0 aromatic carbocycles. The molecule has 40 heavy (non-hydrogen) atoms. The van der Waals surface area contributed by atoms with Gasteiger partial charge in [0.15, 0.2) is 8.32 Å². The fourth-order valence-electron chi connectivity index (χ4n) is 8.10. The van der Waals surface area contributed by atoms with Gasteiger partial charge in [-0.2, -0.15) is 0 Å². The molecular formula is C35H67N3OSi. The summed E-state index contributed by atoms with van der Waals surface area (Å²) in [5, 5.41) is 4.14. The first kappa shape index (κ1) is 34.0. The number of unbranched alkanes of at least 4 members (excludes halogenated alkanes) is 1. The Morgan fingerprint density at radius 2 is 1.15 bits per heavy atom. The minimum Gasteiger partial charge on any atom is -0.418 e. The Hall–Kier alpha value is -0.523. The molecule has 3 aliphatic rings. The number of rotatable bonds is 14. The monoisotopic (exact) mass is 574 g/mol. The molecule has 0 radical (unpaired) electrons.